The Morgan fingerprint density at radius 1 is 1.23 bits per heavy atom. The van der Waals surface area contributed by atoms with Gasteiger partial charge >= 0.3 is 5.97 Å². The van der Waals surface area contributed by atoms with E-state index in [1.54, 1.807) is 23.6 Å². The van der Waals surface area contributed by atoms with E-state index in [-0.39, 0.29) is 16.5 Å². The highest BCUT2D eigenvalue weighted by molar-refractivity contribution is 7.14. The number of nitro benzene ring substituents is 1. The van der Waals surface area contributed by atoms with E-state index in [0.717, 1.165) is 11.3 Å². The van der Waals surface area contributed by atoms with Crippen molar-refractivity contribution in [2.24, 2.45) is 0 Å². The first-order valence-corrected chi connectivity index (χ1v) is 10.2. The topological polar surface area (TPSA) is 136 Å². The molecule has 0 unspecified atom stereocenters. The summed E-state index contributed by atoms with van der Waals surface area (Å²) in [7, 11) is 0. The smallest absolute Gasteiger partial charge is 0.358 e. The Balaban J connectivity index is 1.54. The summed E-state index contributed by atoms with van der Waals surface area (Å²) < 4.78 is 4.96. The zero-order chi connectivity index (χ0) is 21.5. The molecule has 0 fully saturated rings. The number of rotatable bonds is 9. The molecule has 30 heavy (non-hydrogen) atoms. The molecule has 3 aromatic rings. The van der Waals surface area contributed by atoms with Gasteiger partial charge < -0.3 is 10.1 Å². The molecule has 0 aliphatic carbocycles. The fourth-order valence-corrected chi connectivity index (χ4v) is 3.64. The lowest BCUT2D eigenvalue weighted by Crippen LogP contribution is -2.21. The number of benzene rings is 1. The van der Waals surface area contributed by atoms with Gasteiger partial charge in [0, 0.05) is 35.0 Å². The van der Waals surface area contributed by atoms with Gasteiger partial charge in [0.2, 0.25) is 0 Å². The molecule has 0 bridgehead atoms. The third-order valence-corrected chi connectivity index (χ3v) is 5.11. The largest absolute Gasteiger partial charge is 0.451 e. The number of carbonyl (C=O) groups excluding carboxylic acids is 2. The van der Waals surface area contributed by atoms with Crippen molar-refractivity contribution in [1.29, 1.82) is 0 Å². The summed E-state index contributed by atoms with van der Waals surface area (Å²) in [6.07, 6.45) is 1.66. The highest BCUT2D eigenvalue weighted by Gasteiger charge is 2.15. The van der Waals surface area contributed by atoms with Gasteiger partial charge in [0.05, 0.1) is 10.6 Å². The predicted molar refractivity (Wildman–Crippen MR) is 114 cm³/mol. The van der Waals surface area contributed by atoms with Crippen molar-refractivity contribution in [2.45, 2.75) is 0 Å². The Bertz CT molecular complexity index is 1090. The molecule has 12 heteroatoms. The summed E-state index contributed by atoms with van der Waals surface area (Å²) >= 11 is 2.38. The average Bonchev–Trinajstić information content (AvgIpc) is 3.40. The summed E-state index contributed by atoms with van der Waals surface area (Å²) in [6.45, 7) is 3.59. The van der Waals surface area contributed by atoms with Crippen LogP contribution in [0.2, 0.25) is 0 Å². The van der Waals surface area contributed by atoms with Gasteiger partial charge in [-0.1, -0.05) is 18.2 Å². The number of nitrogens with one attached hydrogen (secondary N) is 2. The van der Waals surface area contributed by atoms with Crippen LogP contribution in [0.25, 0.3) is 11.3 Å². The number of anilines is 2. The molecule has 1 aromatic carbocycles. The number of carbonyl (C=O) groups is 2. The van der Waals surface area contributed by atoms with Crippen LogP contribution in [0.15, 0.2) is 47.7 Å². The molecular formula is C18H15N5O5S2. The van der Waals surface area contributed by atoms with E-state index >= 15 is 0 Å². The normalized spacial score (nSPS) is 10.3. The van der Waals surface area contributed by atoms with Crippen LogP contribution in [-0.2, 0) is 9.53 Å². The van der Waals surface area contributed by atoms with Gasteiger partial charge in [-0.15, -0.1) is 29.3 Å². The van der Waals surface area contributed by atoms with Crippen molar-refractivity contribution >= 4 is 50.5 Å². The number of nitro groups is 1. The minimum Gasteiger partial charge on any atom is -0.451 e. The van der Waals surface area contributed by atoms with Crippen molar-refractivity contribution < 1.29 is 19.2 Å². The maximum Gasteiger partial charge on any atom is 0.358 e. The Kier molecular flexibility index (Phi) is 6.83. The van der Waals surface area contributed by atoms with E-state index < -0.39 is 23.4 Å². The molecule has 2 N–H and O–H groups in total. The lowest BCUT2D eigenvalue weighted by molar-refractivity contribution is -0.384. The van der Waals surface area contributed by atoms with Crippen molar-refractivity contribution in [3.8, 4) is 11.3 Å². The second-order valence-electron chi connectivity index (χ2n) is 5.68. The summed E-state index contributed by atoms with van der Waals surface area (Å²) in [5.74, 6) is -1.28. The molecule has 0 radical (unpaired) electrons. The van der Waals surface area contributed by atoms with Crippen LogP contribution in [0.5, 0.6) is 0 Å². The number of amides is 1. The third kappa shape index (κ3) is 5.46. The minimum atomic E-state index is -0.718. The summed E-state index contributed by atoms with van der Waals surface area (Å²) in [5.41, 5.74) is 1.08. The van der Waals surface area contributed by atoms with Crippen molar-refractivity contribution in [3.05, 3.63) is 63.5 Å². The van der Waals surface area contributed by atoms with Gasteiger partial charge in [-0.2, -0.15) is 0 Å². The molecule has 154 valence electrons. The van der Waals surface area contributed by atoms with Crippen molar-refractivity contribution in [1.82, 2.24) is 9.97 Å². The SMILES string of the molecule is C=CCNc1nc(C(=O)OCC(=O)Nc2nc(-c3cccc([N+](=O)[O-])c3)cs2)cs1. The van der Waals surface area contributed by atoms with E-state index in [4.69, 9.17) is 4.74 Å². The molecule has 0 saturated heterocycles. The van der Waals surface area contributed by atoms with Gasteiger partial charge in [0.25, 0.3) is 11.6 Å². The van der Waals surface area contributed by atoms with Crippen LogP contribution in [-0.4, -0.2) is 39.9 Å². The molecule has 0 atom stereocenters. The fraction of sp³-hybridized carbons (Fsp3) is 0.111. The number of hydrogen-bond acceptors (Lipinski definition) is 10. The second kappa shape index (κ2) is 9.71. The highest BCUT2D eigenvalue weighted by Crippen LogP contribution is 2.27. The molecule has 2 aromatic heterocycles. The van der Waals surface area contributed by atoms with Crippen LogP contribution >= 0.6 is 22.7 Å². The zero-order valence-corrected chi connectivity index (χ0v) is 17.0. The quantitative estimate of drug-likeness (QED) is 0.221. The number of non-ortho nitro benzene ring substituents is 1. The lowest BCUT2D eigenvalue weighted by atomic mass is 10.1. The van der Waals surface area contributed by atoms with Crippen LogP contribution in [0.4, 0.5) is 16.0 Å². The number of nitrogens with zero attached hydrogens (tertiary/aromatic N) is 3. The first-order valence-electron chi connectivity index (χ1n) is 8.44. The molecule has 0 aliphatic rings. The molecule has 0 aliphatic heterocycles. The number of hydrogen-bond donors (Lipinski definition) is 2. The Hall–Kier alpha value is -3.64. The number of ether oxygens (including phenoxy) is 1. The van der Waals surface area contributed by atoms with E-state index in [1.165, 1.54) is 28.8 Å². The number of thiazole rings is 2. The van der Waals surface area contributed by atoms with Crippen molar-refractivity contribution in [2.75, 3.05) is 23.8 Å². The molecule has 1 amide bonds. The predicted octanol–water partition coefficient (Wildman–Crippen LogP) is 3.57. The average molecular weight is 445 g/mol. The van der Waals surface area contributed by atoms with Gasteiger partial charge in [-0.25, -0.2) is 14.8 Å². The van der Waals surface area contributed by atoms with Gasteiger partial charge in [-0.3, -0.25) is 20.2 Å². The summed E-state index contributed by atoms with van der Waals surface area (Å²) in [5, 5.41) is 20.4. The fourth-order valence-electron chi connectivity index (χ4n) is 2.21. The van der Waals surface area contributed by atoms with E-state index in [0.29, 0.717) is 22.9 Å². The van der Waals surface area contributed by atoms with E-state index in [2.05, 4.69) is 27.2 Å². The molecule has 3 rings (SSSR count). The summed E-state index contributed by atoms with van der Waals surface area (Å²) in [6, 6.07) is 6.02. The highest BCUT2D eigenvalue weighted by atomic mass is 32.1. The summed E-state index contributed by atoms with van der Waals surface area (Å²) in [4.78, 5) is 42.7. The minimum absolute atomic E-state index is 0.0529. The van der Waals surface area contributed by atoms with Crippen LogP contribution in [0, 0.1) is 10.1 Å². The maximum atomic E-state index is 12.0. The van der Waals surface area contributed by atoms with Gasteiger partial charge in [0.15, 0.2) is 22.6 Å². The van der Waals surface area contributed by atoms with Crippen LogP contribution in [0.1, 0.15) is 10.5 Å². The van der Waals surface area contributed by atoms with Gasteiger partial charge in [0.1, 0.15) is 0 Å². The monoisotopic (exact) mass is 445 g/mol. The number of esters is 1. The molecular weight excluding hydrogens is 430 g/mol. The second-order valence-corrected chi connectivity index (χ2v) is 7.39. The number of aromatic nitrogens is 2. The van der Waals surface area contributed by atoms with E-state index in [9.17, 15) is 19.7 Å². The van der Waals surface area contributed by atoms with Crippen molar-refractivity contribution in [3.63, 3.8) is 0 Å². The van der Waals surface area contributed by atoms with Crippen LogP contribution in [0.3, 0.4) is 0 Å². The molecule has 0 saturated carbocycles. The first kappa shape index (κ1) is 21.1. The maximum absolute atomic E-state index is 12.0. The standard InChI is InChI=1S/C18H15N5O5S2/c1-2-6-19-17-21-14(10-29-17)16(25)28-8-15(24)22-18-20-13(9-30-18)11-4-3-5-12(7-11)23(26)27/h2-5,7,9-10H,1,6,8H2,(H,19,21)(H,20,22,24). The molecule has 2 heterocycles. The lowest BCUT2D eigenvalue weighted by Gasteiger charge is -2.03. The van der Waals surface area contributed by atoms with Gasteiger partial charge in [-0.05, 0) is 0 Å². The molecule has 0 spiro atoms. The Morgan fingerprint density at radius 3 is 2.80 bits per heavy atom. The van der Waals surface area contributed by atoms with E-state index in [1.807, 2.05) is 0 Å². The third-order valence-electron chi connectivity index (χ3n) is 3.55. The Morgan fingerprint density at radius 2 is 2.03 bits per heavy atom. The zero-order valence-electron chi connectivity index (χ0n) is 15.4. The van der Waals surface area contributed by atoms with Crippen LogP contribution < -0.4 is 10.6 Å². The Labute approximate surface area is 178 Å². The first-order chi connectivity index (χ1) is 14.5. The molecule has 10 nitrogen and oxygen atoms in total.